The van der Waals surface area contributed by atoms with Crippen LogP contribution in [0.3, 0.4) is 0 Å². The third-order valence-corrected chi connectivity index (χ3v) is 1.49. The second-order valence-corrected chi connectivity index (χ2v) is 2.34. The van der Waals surface area contributed by atoms with E-state index in [1.807, 2.05) is 12.2 Å². The minimum Gasteiger partial charge on any atom is -0.324 e. The first-order valence-electron chi connectivity index (χ1n) is 3.03. The van der Waals surface area contributed by atoms with Crippen molar-refractivity contribution < 1.29 is 10.1 Å². The summed E-state index contributed by atoms with van der Waals surface area (Å²) in [5, 5.41) is 8.04. The molecule has 2 atom stereocenters. The quantitative estimate of drug-likeness (QED) is 0.322. The van der Waals surface area contributed by atoms with Crippen LogP contribution in [0.25, 0.3) is 0 Å². The SMILES string of the molecule is NC1C=CC(COO)C1. The Morgan fingerprint density at radius 1 is 1.67 bits per heavy atom. The van der Waals surface area contributed by atoms with Crippen molar-refractivity contribution in [3.63, 3.8) is 0 Å². The van der Waals surface area contributed by atoms with Crippen molar-refractivity contribution in [2.24, 2.45) is 11.7 Å². The number of hydrogen-bond donors (Lipinski definition) is 2. The van der Waals surface area contributed by atoms with Crippen LogP contribution in [0.15, 0.2) is 12.2 Å². The molecule has 3 heteroatoms. The van der Waals surface area contributed by atoms with E-state index in [1.54, 1.807) is 0 Å². The van der Waals surface area contributed by atoms with Gasteiger partial charge in [0.25, 0.3) is 0 Å². The number of rotatable bonds is 2. The predicted octanol–water partition coefficient (Wildman–Crippen LogP) is 0.379. The summed E-state index contributed by atoms with van der Waals surface area (Å²) >= 11 is 0. The van der Waals surface area contributed by atoms with E-state index < -0.39 is 0 Å². The van der Waals surface area contributed by atoms with Crippen molar-refractivity contribution in [1.29, 1.82) is 0 Å². The molecule has 2 unspecified atom stereocenters. The molecule has 0 aromatic carbocycles. The first kappa shape index (κ1) is 6.74. The van der Waals surface area contributed by atoms with E-state index in [-0.39, 0.29) is 6.04 Å². The fourth-order valence-corrected chi connectivity index (χ4v) is 1.03. The largest absolute Gasteiger partial charge is 0.324 e. The number of nitrogens with two attached hydrogens (primary N) is 1. The van der Waals surface area contributed by atoms with E-state index in [2.05, 4.69) is 4.89 Å². The molecule has 9 heavy (non-hydrogen) atoms. The average molecular weight is 129 g/mol. The second-order valence-electron chi connectivity index (χ2n) is 2.34. The lowest BCUT2D eigenvalue weighted by Gasteiger charge is -2.04. The third-order valence-electron chi connectivity index (χ3n) is 1.49. The Morgan fingerprint density at radius 2 is 2.44 bits per heavy atom. The van der Waals surface area contributed by atoms with Crippen LogP contribution in [-0.2, 0) is 4.89 Å². The molecule has 0 saturated carbocycles. The standard InChI is InChI=1S/C6H11NO2/c7-6-2-1-5(3-6)4-9-8/h1-2,5-6,8H,3-4,7H2. The van der Waals surface area contributed by atoms with Crippen LogP contribution in [-0.4, -0.2) is 17.9 Å². The van der Waals surface area contributed by atoms with Crippen LogP contribution in [0.4, 0.5) is 0 Å². The van der Waals surface area contributed by atoms with Crippen LogP contribution < -0.4 is 5.73 Å². The molecule has 0 bridgehead atoms. The van der Waals surface area contributed by atoms with Crippen LogP contribution in [0.5, 0.6) is 0 Å². The summed E-state index contributed by atoms with van der Waals surface area (Å²) in [5.41, 5.74) is 5.53. The molecule has 3 nitrogen and oxygen atoms in total. The fourth-order valence-electron chi connectivity index (χ4n) is 1.03. The number of hydrogen-bond acceptors (Lipinski definition) is 3. The maximum absolute atomic E-state index is 8.04. The lowest BCUT2D eigenvalue weighted by molar-refractivity contribution is -0.248. The summed E-state index contributed by atoms with van der Waals surface area (Å²) in [6.45, 7) is 0.365. The average Bonchev–Trinajstić information content (AvgIpc) is 2.17. The molecule has 0 amide bonds. The van der Waals surface area contributed by atoms with Crippen molar-refractivity contribution in [3.8, 4) is 0 Å². The van der Waals surface area contributed by atoms with E-state index in [1.165, 1.54) is 0 Å². The van der Waals surface area contributed by atoms with Crippen LogP contribution in [0, 0.1) is 5.92 Å². The van der Waals surface area contributed by atoms with Gasteiger partial charge in [-0.25, -0.2) is 4.89 Å². The zero-order valence-corrected chi connectivity index (χ0v) is 5.16. The molecule has 1 aliphatic rings. The van der Waals surface area contributed by atoms with Crippen molar-refractivity contribution in [3.05, 3.63) is 12.2 Å². The molecule has 3 N–H and O–H groups in total. The first-order valence-corrected chi connectivity index (χ1v) is 3.03. The van der Waals surface area contributed by atoms with Gasteiger partial charge in [0.15, 0.2) is 0 Å². The smallest absolute Gasteiger partial charge is 0.0883 e. The molecule has 0 spiro atoms. The molecule has 0 saturated heterocycles. The normalized spacial score (nSPS) is 33.6. The summed E-state index contributed by atoms with van der Waals surface area (Å²) < 4.78 is 0. The predicted molar refractivity (Wildman–Crippen MR) is 33.8 cm³/mol. The van der Waals surface area contributed by atoms with Crippen LogP contribution >= 0.6 is 0 Å². The molecular formula is C6H11NO2. The van der Waals surface area contributed by atoms with Gasteiger partial charge in [-0.15, -0.1) is 0 Å². The highest BCUT2D eigenvalue weighted by Gasteiger charge is 2.14. The Hall–Kier alpha value is -0.380. The van der Waals surface area contributed by atoms with Gasteiger partial charge in [0, 0.05) is 12.0 Å². The summed E-state index contributed by atoms with van der Waals surface area (Å²) in [4.78, 5) is 3.97. The van der Waals surface area contributed by atoms with Crippen molar-refractivity contribution in [1.82, 2.24) is 0 Å². The van der Waals surface area contributed by atoms with E-state index >= 15 is 0 Å². The third kappa shape index (κ3) is 1.78. The van der Waals surface area contributed by atoms with Gasteiger partial charge in [-0.3, -0.25) is 5.26 Å². The summed E-state index contributed by atoms with van der Waals surface area (Å²) in [7, 11) is 0. The van der Waals surface area contributed by atoms with Gasteiger partial charge in [-0.05, 0) is 6.42 Å². The highest BCUT2D eigenvalue weighted by Crippen LogP contribution is 2.15. The Balaban J connectivity index is 2.24. The van der Waals surface area contributed by atoms with Gasteiger partial charge in [0.1, 0.15) is 0 Å². The zero-order chi connectivity index (χ0) is 6.69. The highest BCUT2D eigenvalue weighted by molar-refractivity contribution is 5.04. The fraction of sp³-hybridized carbons (Fsp3) is 0.667. The molecule has 1 aliphatic carbocycles. The van der Waals surface area contributed by atoms with E-state index in [4.69, 9.17) is 11.0 Å². The highest BCUT2D eigenvalue weighted by atomic mass is 17.1. The molecule has 0 heterocycles. The zero-order valence-electron chi connectivity index (χ0n) is 5.16. The maximum Gasteiger partial charge on any atom is 0.0883 e. The van der Waals surface area contributed by atoms with E-state index in [9.17, 15) is 0 Å². The topological polar surface area (TPSA) is 55.5 Å². The molecule has 0 aliphatic heterocycles. The van der Waals surface area contributed by atoms with Crippen molar-refractivity contribution >= 4 is 0 Å². The lowest BCUT2D eigenvalue weighted by Crippen LogP contribution is -2.16. The summed E-state index contributed by atoms with van der Waals surface area (Å²) in [6.07, 6.45) is 4.80. The molecule has 0 fully saturated rings. The van der Waals surface area contributed by atoms with Crippen LogP contribution in [0.1, 0.15) is 6.42 Å². The molecule has 0 aromatic heterocycles. The first-order chi connectivity index (χ1) is 4.33. The van der Waals surface area contributed by atoms with E-state index in [0.29, 0.717) is 12.5 Å². The monoisotopic (exact) mass is 129 g/mol. The Morgan fingerprint density at radius 3 is 2.89 bits per heavy atom. The molecule has 52 valence electrons. The van der Waals surface area contributed by atoms with Gasteiger partial charge in [0.2, 0.25) is 0 Å². The maximum atomic E-state index is 8.04. The van der Waals surface area contributed by atoms with Gasteiger partial charge < -0.3 is 5.73 Å². The van der Waals surface area contributed by atoms with Crippen molar-refractivity contribution in [2.45, 2.75) is 12.5 Å². The molecule has 0 aromatic rings. The van der Waals surface area contributed by atoms with Gasteiger partial charge in [0.05, 0.1) is 6.61 Å². The molecule has 0 radical (unpaired) electrons. The van der Waals surface area contributed by atoms with Gasteiger partial charge in [-0.1, -0.05) is 12.2 Å². The Bertz CT molecular complexity index is 114. The van der Waals surface area contributed by atoms with Gasteiger partial charge >= 0.3 is 0 Å². The molecule has 1 rings (SSSR count). The van der Waals surface area contributed by atoms with E-state index in [0.717, 1.165) is 6.42 Å². The molecular weight excluding hydrogens is 118 g/mol. The minimum atomic E-state index is 0.158. The Labute approximate surface area is 54.0 Å². The summed E-state index contributed by atoms with van der Waals surface area (Å²) in [6, 6.07) is 0.158. The lowest BCUT2D eigenvalue weighted by atomic mass is 10.1. The summed E-state index contributed by atoms with van der Waals surface area (Å²) in [5.74, 6) is 0.310. The Kier molecular flexibility index (Phi) is 2.22. The minimum absolute atomic E-state index is 0.158. The van der Waals surface area contributed by atoms with Gasteiger partial charge in [-0.2, -0.15) is 0 Å². The van der Waals surface area contributed by atoms with Crippen LogP contribution in [0.2, 0.25) is 0 Å². The van der Waals surface area contributed by atoms with Crippen molar-refractivity contribution in [2.75, 3.05) is 6.61 Å². The second kappa shape index (κ2) is 2.96.